The van der Waals surface area contributed by atoms with Crippen molar-refractivity contribution in [2.45, 2.75) is 6.42 Å². The van der Waals surface area contributed by atoms with Crippen LogP contribution in [-0.4, -0.2) is 11.0 Å². The molecule has 0 spiro atoms. The maximum Gasteiger partial charge on any atom is 0.228 e. The standard InChI is InChI=1S/C8H6BrNO2/c9-5-1-4-2-8(12)10-6(4)3-7(5)11/h1,3,11H,2H2,(H,10,12). The molecule has 0 bridgehead atoms. The molecule has 0 saturated carbocycles. The largest absolute Gasteiger partial charge is 0.507 e. The minimum Gasteiger partial charge on any atom is -0.507 e. The average Bonchev–Trinajstić information content (AvgIpc) is 2.30. The Morgan fingerprint density at radius 1 is 1.50 bits per heavy atom. The molecule has 0 radical (unpaired) electrons. The molecule has 3 nitrogen and oxygen atoms in total. The quantitative estimate of drug-likeness (QED) is 0.709. The van der Waals surface area contributed by atoms with Crippen molar-refractivity contribution >= 4 is 27.5 Å². The molecular formula is C8H6BrNO2. The SMILES string of the molecule is O=C1Cc2cc(Br)c(O)cc2N1. The van der Waals surface area contributed by atoms with Crippen LogP contribution in [0.25, 0.3) is 0 Å². The number of nitrogens with one attached hydrogen (secondary N) is 1. The lowest BCUT2D eigenvalue weighted by Gasteiger charge is -2.00. The van der Waals surface area contributed by atoms with Gasteiger partial charge in [0.1, 0.15) is 5.75 Å². The number of rotatable bonds is 0. The second-order valence-corrected chi connectivity index (χ2v) is 3.54. The summed E-state index contributed by atoms with van der Waals surface area (Å²) in [6.07, 6.45) is 0.397. The van der Waals surface area contributed by atoms with Crippen LogP contribution in [0.4, 0.5) is 5.69 Å². The molecule has 1 aliphatic heterocycles. The predicted octanol–water partition coefficient (Wildman–Crippen LogP) is 1.65. The number of anilines is 1. The molecule has 4 heteroatoms. The van der Waals surface area contributed by atoms with Crippen LogP contribution >= 0.6 is 15.9 Å². The molecule has 0 aliphatic carbocycles. The van der Waals surface area contributed by atoms with Gasteiger partial charge in [-0.1, -0.05) is 0 Å². The Hall–Kier alpha value is -1.03. The lowest BCUT2D eigenvalue weighted by Crippen LogP contribution is -2.03. The summed E-state index contributed by atoms with van der Waals surface area (Å²) in [7, 11) is 0. The lowest BCUT2D eigenvalue weighted by molar-refractivity contribution is -0.115. The van der Waals surface area contributed by atoms with E-state index in [0.717, 1.165) is 5.56 Å². The van der Waals surface area contributed by atoms with Crippen molar-refractivity contribution in [1.29, 1.82) is 0 Å². The van der Waals surface area contributed by atoms with Crippen LogP contribution in [0.5, 0.6) is 5.75 Å². The summed E-state index contributed by atoms with van der Waals surface area (Å²) in [5, 5.41) is 11.9. The van der Waals surface area contributed by atoms with Crippen molar-refractivity contribution in [3.8, 4) is 5.75 Å². The third-order valence-electron chi connectivity index (χ3n) is 1.80. The average molecular weight is 228 g/mol. The van der Waals surface area contributed by atoms with Gasteiger partial charge in [0.05, 0.1) is 10.9 Å². The van der Waals surface area contributed by atoms with E-state index in [-0.39, 0.29) is 11.7 Å². The molecule has 0 aromatic heterocycles. The molecule has 0 atom stereocenters. The highest BCUT2D eigenvalue weighted by Crippen LogP contribution is 2.33. The number of amides is 1. The van der Waals surface area contributed by atoms with Crippen molar-refractivity contribution in [2.75, 3.05) is 5.32 Å². The smallest absolute Gasteiger partial charge is 0.228 e. The molecule has 0 saturated heterocycles. The van der Waals surface area contributed by atoms with Crippen molar-refractivity contribution in [2.24, 2.45) is 0 Å². The van der Waals surface area contributed by atoms with Crippen LogP contribution in [0, 0.1) is 0 Å². The highest BCUT2D eigenvalue weighted by Gasteiger charge is 2.18. The fourth-order valence-corrected chi connectivity index (χ4v) is 1.62. The van der Waals surface area contributed by atoms with Crippen molar-refractivity contribution in [3.63, 3.8) is 0 Å². The first kappa shape index (κ1) is 7.61. The van der Waals surface area contributed by atoms with E-state index in [1.165, 1.54) is 0 Å². The number of carbonyl (C=O) groups excluding carboxylic acids is 1. The summed E-state index contributed by atoms with van der Waals surface area (Å²) in [5.74, 6) is 0.124. The van der Waals surface area contributed by atoms with Crippen molar-refractivity contribution in [3.05, 3.63) is 22.2 Å². The Labute approximate surface area is 77.5 Å². The number of phenolic OH excluding ortho intramolecular Hbond substituents is 1. The monoisotopic (exact) mass is 227 g/mol. The number of fused-ring (bicyclic) bond motifs is 1. The molecule has 62 valence electrons. The van der Waals surface area contributed by atoms with Gasteiger partial charge in [0.25, 0.3) is 0 Å². The molecule has 2 N–H and O–H groups in total. The van der Waals surface area contributed by atoms with E-state index in [9.17, 15) is 9.90 Å². The van der Waals surface area contributed by atoms with Crippen LogP contribution < -0.4 is 5.32 Å². The van der Waals surface area contributed by atoms with Gasteiger partial charge in [-0.15, -0.1) is 0 Å². The van der Waals surface area contributed by atoms with Crippen LogP contribution in [0.15, 0.2) is 16.6 Å². The molecule has 0 unspecified atom stereocenters. The number of carbonyl (C=O) groups is 1. The highest BCUT2D eigenvalue weighted by atomic mass is 79.9. The summed E-state index contributed by atoms with van der Waals surface area (Å²) < 4.78 is 0.623. The number of phenols is 1. The summed E-state index contributed by atoms with van der Waals surface area (Å²) >= 11 is 3.18. The maximum atomic E-state index is 10.9. The fraction of sp³-hybridized carbons (Fsp3) is 0.125. The van der Waals surface area contributed by atoms with E-state index in [1.807, 2.05) is 0 Å². The first-order valence-corrected chi connectivity index (χ1v) is 4.27. The maximum absolute atomic E-state index is 10.9. The molecular weight excluding hydrogens is 222 g/mol. The Kier molecular flexibility index (Phi) is 1.58. The zero-order chi connectivity index (χ0) is 8.72. The second kappa shape index (κ2) is 2.48. The first-order valence-electron chi connectivity index (χ1n) is 3.48. The number of aromatic hydroxyl groups is 1. The number of hydrogen-bond donors (Lipinski definition) is 2. The Balaban J connectivity index is 2.55. The summed E-state index contributed by atoms with van der Waals surface area (Å²) in [6, 6.07) is 3.30. The van der Waals surface area contributed by atoms with Gasteiger partial charge in [-0.2, -0.15) is 0 Å². The van der Waals surface area contributed by atoms with E-state index < -0.39 is 0 Å². The van der Waals surface area contributed by atoms with Crippen molar-refractivity contribution in [1.82, 2.24) is 0 Å². The summed E-state index contributed by atoms with van der Waals surface area (Å²) in [4.78, 5) is 10.9. The molecule has 1 amide bonds. The third-order valence-corrected chi connectivity index (χ3v) is 2.43. The van der Waals surface area contributed by atoms with Gasteiger partial charge < -0.3 is 10.4 Å². The van der Waals surface area contributed by atoms with Gasteiger partial charge in [0, 0.05) is 11.8 Å². The summed E-state index contributed by atoms with van der Waals surface area (Å²) in [5.41, 5.74) is 1.63. The van der Waals surface area contributed by atoms with Gasteiger partial charge in [-0.25, -0.2) is 0 Å². The molecule has 1 aromatic rings. The van der Waals surface area contributed by atoms with E-state index in [0.29, 0.717) is 16.6 Å². The van der Waals surface area contributed by atoms with Crippen LogP contribution in [0.3, 0.4) is 0 Å². The fourth-order valence-electron chi connectivity index (χ4n) is 1.23. The van der Waals surface area contributed by atoms with Gasteiger partial charge in [-0.3, -0.25) is 4.79 Å². The molecule has 1 aromatic carbocycles. The zero-order valence-electron chi connectivity index (χ0n) is 6.10. The van der Waals surface area contributed by atoms with Crippen LogP contribution in [0.1, 0.15) is 5.56 Å². The predicted molar refractivity (Wildman–Crippen MR) is 48.1 cm³/mol. The van der Waals surface area contributed by atoms with Crippen LogP contribution in [-0.2, 0) is 11.2 Å². The third kappa shape index (κ3) is 1.08. The minimum atomic E-state index is -0.0255. The Morgan fingerprint density at radius 2 is 2.25 bits per heavy atom. The lowest BCUT2D eigenvalue weighted by atomic mass is 10.1. The van der Waals surface area contributed by atoms with E-state index in [4.69, 9.17) is 0 Å². The molecule has 1 heterocycles. The normalized spacial score (nSPS) is 14.2. The Bertz CT molecular complexity index is 329. The number of hydrogen-bond acceptors (Lipinski definition) is 2. The van der Waals surface area contributed by atoms with E-state index in [2.05, 4.69) is 21.2 Å². The minimum absolute atomic E-state index is 0.0255. The van der Waals surface area contributed by atoms with Crippen molar-refractivity contribution < 1.29 is 9.90 Å². The zero-order valence-corrected chi connectivity index (χ0v) is 7.68. The highest BCUT2D eigenvalue weighted by molar-refractivity contribution is 9.10. The number of benzene rings is 1. The van der Waals surface area contributed by atoms with Gasteiger partial charge in [0.2, 0.25) is 5.91 Å². The first-order chi connectivity index (χ1) is 5.66. The molecule has 12 heavy (non-hydrogen) atoms. The summed E-state index contributed by atoms with van der Waals surface area (Å²) in [6.45, 7) is 0. The van der Waals surface area contributed by atoms with Gasteiger partial charge >= 0.3 is 0 Å². The molecule has 1 aliphatic rings. The second-order valence-electron chi connectivity index (χ2n) is 2.69. The molecule has 2 rings (SSSR count). The van der Waals surface area contributed by atoms with E-state index in [1.54, 1.807) is 12.1 Å². The van der Waals surface area contributed by atoms with Gasteiger partial charge in [0.15, 0.2) is 0 Å². The van der Waals surface area contributed by atoms with Gasteiger partial charge in [-0.05, 0) is 27.6 Å². The van der Waals surface area contributed by atoms with E-state index >= 15 is 0 Å². The molecule has 0 fully saturated rings. The number of halogens is 1. The van der Waals surface area contributed by atoms with Crippen LogP contribution in [0.2, 0.25) is 0 Å². The Morgan fingerprint density at radius 3 is 3.00 bits per heavy atom. The topological polar surface area (TPSA) is 49.3 Å².